The number of halogens is 1. The fourth-order valence-electron chi connectivity index (χ4n) is 2.11. The van der Waals surface area contributed by atoms with Crippen molar-refractivity contribution in [2.45, 2.75) is 19.4 Å². The molecule has 1 aromatic rings. The molecule has 0 bridgehead atoms. The first kappa shape index (κ1) is 13.1. The van der Waals surface area contributed by atoms with Crippen LogP contribution in [0.4, 0.5) is 5.82 Å². The molecule has 6 heteroatoms. The highest BCUT2D eigenvalue weighted by molar-refractivity contribution is 6.29. The zero-order chi connectivity index (χ0) is 13.3. The van der Waals surface area contributed by atoms with Gasteiger partial charge < -0.3 is 15.1 Å². The molecule has 2 heterocycles. The first-order chi connectivity index (χ1) is 8.47. The van der Waals surface area contributed by atoms with Crippen LogP contribution in [0.3, 0.4) is 0 Å². The number of nitrogens with zero attached hydrogens (tertiary/aromatic N) is 2. The van der Waals surface area contributed by atoms with Crippen LogP contribution in [0.15, 0.2) is 12.1 Å². The number of aromatic carboxylic acids is 1. The van der Waals surface area contributed by atoms with Crippen molar-refractivity contribution in [3.63, 3.8) is 0 Å². The van der Waals surface area contributed by atoms with Gasteiger partial charge in [-0.3, -0.25) is 0 Å². The molecule has 0 saturated carbocycles. The topological polar surface area (TPSA) is 73.7 Å². The minimum absolute atomic E-state index is 0.128. The van der Waals surface area contributed by atoms with E-state index in [0.29, 0.717) is 25.3 Å². The Morgan fingerprint density at radius 1 is 1.56 bits per heavy atom. The lowest BCUT2D eigenvalue weighted by Gasteiger charge is -2.35. The Bertz CT molecular complexity index is 467. The van der Waals surface area contributed by atoms with E-state index in [1.54, 1.807) is 0 Å². The smallest absolute Gasteiger partial charge is 0.335 e. The van der Waals surface area contributed by atoms with Crippen LogP contribution >= 0.6 is 11.6 Å². The molecule has 2 unspecified atom stereocenters. The van der Waals surface area contributed by atoms with Crippen molar-refractivity contribution < 1.29 is 15.0 Å². The van der Waals surface area contributed by atoms with Crippen LogP contribution in [0.2, 0.25) is 5.15 Å². The second-order valence-corrected chi connectivity index (χ2v) is 5.01. The third-order valence-corrected chi connectivity index (χ3v) is 3.41. The Morgan fingerprint density at radius 2 is 2.28 bits per heavy atom. The maximum atomic E-state index is 11.0. The Morgan fingerprint density at radius 3 is 2.89 bits per heavy atom. The summed E-state index contributed by atoms with van der Waals surface area (Å²) in [6.45, 7) is 3.25. The van der Waals surface area contributed by atoms with Crippen molar-refractivity contribution in [2.75, 3.05) is 18.0 Å². The molecule has 1 fully saturated rings. The lowest BCUT2D eigenvalue weighted by atomic mass is 9.97. The quantitative estimate of drug-likeness (QED) is 0.799. The lowest BCUT2D eigenvalue weighted by Crippen LogP contribution is -2.42. The summed E-state index contributed by atoms with van der Waals surface area (Å²) in [4.78, 5) is 17.1. The average Bonchev–Trinajstić information content (AvgIpc) is 2.31. The van der Waals surface area contributed by atoms with Gasteiger partial charge in [-0.05, 0) is 24.5 Å². The number of pyridine rings is 1. The lowest BCUT2D eigenvalue weighted by molar-refractivity contribution is 0.0696. The normalized spacial score (nSPS) is 24.1. The molecule has 2 N–H and O–H groups in total. The van der Waals surface area contributed by atoms with E-state index in [1.165, 1.54) is 12.1 Å². The fraction of sp³-hybridized carbons (Fsp3) is 0.500. The van der Waals surface area contributed by atoms with Crippen LogP contribution in [0, 0.1) is 5.92 Å². The largest absolute Gasteiger partial charge is 0.478 e. The maximum Gasteiger partial charge on any atom is 0.335 e. The summed E-state index contributed by atoms with van der Waals surface area (Å²) in [7, 11) is 0. The molecule has 5 nitrogen and oxygen atoms in total. The number of hydrogen-bond donors (Lipinski definition) is 2. The second-order valence-electron chi connectivity index (χ2n) is 4.62. The van der Waals surface area contributed by atoms with E-state index in [0.717, 1.165) is 0 Å². The number of aromatic nitrogens is 1. The van der Waals surface area contributed by atoms with Crippen LogP contribution in [-0.2, 0) is 0 Å². The van der Waals surface area contributed by atoms with Crippen molar-refractivity contribution >= 4 is 23.4 Å². The number of hydrogen-bond acceptors (Lipinski definition) is 4. The average molecular weight is 271 g/mol. The van der Waals surface area contributed by atoms with Crippen LogP contribution in [-0.4, -0.2) is 40.4 Å². The Balaban J connectivity index is 2.25. The monoisotopic (exact) mass is 270 g/mol. The van der Waals surface area contributed by atoms with E-state index >= 15 is 0 Å². The summed E-state index contributed by atoms with van der Waals surface area (Å²) in [5.41, 5.74) is 0.128. The number of anilines is 1. The van der Waals surface area contributed by atoms with Crippen molar-refractivity contribution in [2.24, 2.45) is 5.92 Å². The van der Waals surface area contributed by atoms with Crippen LogP contribution in [0.1, 0.15) is 23.7 Å². The van der Waals surface area contributed by atoms with Gasteiger partial charge in [0.15, 0.2) is 0 Å². The molecule has 0 radical (unpaired) electrons. The zero-order valence-corrected chi connectivity index (χ0v) is 10.8. The van der Waals surface area contributed by atoms with Gasteiger partial charge in [-0.25, -0.2) is 9.78 Å². The highest BCUT2D eigenvalue weighted by Gasteiger charge is 2.25. The van der Waals surface area contributed by atoms with Crippen molar-refractivity contribution in [3.8, 4) is 0 Å². The van der Waals surface area contributed by atoms with Gasteiger partial charge in [-0.15, -0.1) is 0 Å². The van der Waals surface area contributed by atoms with Gasteiger partial charge >= 0.3 is 5.97 Å². The van der Waals surface area contributed by atoms with E-state index in [9.17, 15) is 9.90 Å². The highest BCUT2D eigenvalue weighted by atomic mass is 35.5. The molecule has 1 aliphatic heterocycles. The molecule has 0 aliphatic carbocycles. The Labute approximate surface area is 110 Å². The summed E-state index contributed by atoms with van der Waals surface area (Å²) in [5, 5.41) is 18.8. The molecule has 2 rings (SSSR count). The molecule has 18 heavy (non-hydrogen) atoms. The van der Waals surface area contributed by atoms with E-state index in [-0.39, 0.29) is 22.7 Å². The third-order valence-electron chi connectivity index (χ3n) is 3.21. The number of aliphatic hydroxyl groups is 1. The number of carbonyl (C=O) groups is 1. The third kappa shape index (κ3) is 2.73. The van der Waals surface area contributed by atoms with Gasteiger partial charge in [0, 0.05) is 13.1 Å². The van der Waals surface area contributed by atoms with Crippen molar-refractivity contribution in [1.82, 2.24) is 4.98 Å². The van der Waals surface area contributed by atoms with Crippen molar-refractivity contribution in [1.29, 1.82) is 0 Å². The molecule has 2 atom stereocenters. The summed E-state index contributed by atoms with van der Waals surface area (Å²) >= 11 is 5.83. The summed E-state index contributed by atoms with van der Waals surface area (Å²) in [6, 6.07) is 2.84. The molecule has 1 aromatic heterocycles. The van der Waals surface area contributed by atoms with Crippen LogP contribution < -0.4 is 4.90 Å². The molecular formula is C12H15ClN2O3. The highest BCUT2D eigenvalue weighted by Crippen LogP contribution is 2.24. The first-order valence-electron chi connectivity index (χ1n) is 5.81. The molecule has 0 spiro atoms. The van der Waals surface area contributed by atoms with Gasteiger partial charge in [-0.1, -0.05) is 18.5 Å². The molecule has 0 amide bonds. The standard InChI is InChI=1S/C12H15ClN2O3/c1-7-6-15(3-2-9(7)16)11-5-8(12(17)18)4-10(13)14-11/h4-5,7,9,16H,2-3,6H2,1H3,(H,17,18). The number of carboxylic acid groups (broad SMARTS) is 1. The summed E-state index contributed by atoms with van der Waals surface area (Å²) < 4.78 is 0. The van der Waals surface area contributed by atoms with Gasteiger partial charge in [0.25, 0.3) is 0 Å². The van der Waals surface area contributed by atoms with Crippen LogP contribution in [0.5, 0.6) is 0 Å². The minimum Gasteiger partial charge on any atom is -0.478 e. The molecule has 98 valence electrons. The number of aliphatic hydroxyl groups excluding tert-OH is 1. The molecular weight excluding hydrogens is 256 g/mol. The number of carboxylic acids is 1. The maximum absolute atomic E-state index is 11.0. The molecule has 1 saturated heterocycles. The van der Waals surface area contributed by atoms with Gasteiger partial charge in [0.2, 0.25) is 0 Å². The Kier molecular flexibility index (Phi) is 3.73. The summed E-state index contributed by atoms with van der Waals surface area (Å²) in [5.74, 6) is -0.336. The van der Waals surface area contributed by atoms with Gasteiger partial charge in [0.1, 0.15) is 11.0 Å². The van der Waals surface area contributed by atoms with Crippen molar-refractivity contribution in [3.05, 3.63) is 22.8 Å². The van der Waals surface area contributed by atoms with E-state index < -0.39 is 5.97 Å². The predicted molar refractivity (Wildman–Crippen MR) is 68.2 cm³/mol. The first-order valence-corrected chi connectivity index (χ1v) is 6.19. The zero-order valence-electron chi connectivity index (χ0n) is 10.0. The Hall–Kier alpha value is -1.33. The molecule has 0 aromatic carbocycles. The van der Waals surface area contributed by atoms with E-state index in [4.69, 9.17) is 16.7 Å². The van der Waals surface area contributed by atoms with Crippen LogP contribution in [0.25, 0.3) is 0 Å². The number of rotatable bonds is 2. The molecule has 1 aliphatic rings. The van der Waals surface area contributed by atoms with Gasteiger partial charge in [-0.2, -0.15) is 0 Å². The SMILES string of the molecule is CC1CN(c2cc(C(=O)O)cc(Cl)n2)CCC1O. The van der Waals surface area contributed by atoms with E-state index in [2.05, 4.69) is 4.98 Å². The fourth-order valence-corrected chi connectivity index (χ4v) is 2.31. The predicted octanol–water partition coefficient (Wildman–Crippen LogP) is 1.64. The minimum atomic E-state index is -1.02. The summed E-state index contributed by atoms with van der Waals surface area (Å²) in [6.07, 6.45) is 0.344. The van der Waals surface area contributed by atoms with E-state index in [1.807, 2.05) is 11.8 Å². The second kappa shape index (κ2) is 5.12. The van der Waals surface area contributed by atoms with Gasteiger partial charge in [0.05, 0.1) is 11.7 Å². The number of piperidine rings is 1.